The molecule has 1 aliphatic heterocycles. The van der Waals surface area contributed by atoms with Gasteiger partial charge in [0.15, 0.2) is 11.5 Å². The summed E-state index contributed by atoms with van der Waals surface area (Å²) in [6.07, 6.45) is 0.799. The van der Waals surface area contributed by atoms with Gasteiger partial charge >= 0.3 is 0 Å². The summed E-state index contributed by atoms with van der Waals surface area (Å²) in [4.78, 5) is 12.7. The van der Waals surface area contributed by atoms with Crippen molar-refractivity contribution in [1.29, 1.82) is 0 Å². The molecule has 0 aliphatic carbocycles. The fourth-order valence-electron chi connectivity index (χ4n) is 3.32. The molecule has 0 atom stereocenters. The van der Waals surface area contributed by atoms with E-state index in [2.05, 4.69) is 5.32 Å². The minimum Gasteiger partial charge on any atom is -0.493 e. The first-order valence-corrected chi connectivity index (χ1v) is 11.4. The van der Waals surface area contributed by atoms with E-state index < -0.39 is 10.0 Å². The van der Waals surface area contributed by atoms with E-state index in [1.807, 2.05) is 0 Å². The van der Waals surface area contributed by atoms with Crippen molar-refractivity contribution in [3.63, 3.8) is 0 Å². The second-order valence-electron chi connectivity index (χ2n) is 6.79. The number of carbonyl (C=O) groups is 1. The van der Waals surface area contributed by atoms with E-state index in [4.69, 9.17) is 32.7 Å². The molecule has 10 heteroatoms. The van der Waals surface area contributed by atoms with E-state index in [1.54, 1.807) is 24.3 Å². The van der Waals surface area contributed by atoms with E-state index >= 15 is 0 Å². The number of carbonyl (C=O) groups excluding carboxylic acids is 1. The lowest BCUT2D eigenvalue weighted by atomic mass is 9.97. The Morgan fingerprint density at radius 1 is 1.07 bits per heavy atom. The summed E-state index contributed by atoms with van der Waals surface area (Å²) >= 11 is 12.1. The standard InChI is InChI=1S/C20H22Cl2N2O5S/c1-28-17-7-6-14(12-18(17)29-2)30(26,27)24-10-8-13(9-11-24)20(25)23-16-5-3-4-15(21)19(16)22/h3-7,12-13H,8-11H2,1-2H3,(H,23,25). The van der Waals surface area contributed by atoms with Crippen LogP contribution in [0.5, 0.6) is 11.5 Å². The highest BCUT2D eigenvalue weighted by Gasteiger charge is 2.32. The van der Waals surface area contributed by atoms with E-state index in [9.17, 15) is 13.2 Å². The third kappa shape index (κ3) is 4.67. The minimum atomic E-state index is -3.71. The molecule has 7 nitrogen and oxygen atoms in total. The van der Waals surface area contributed by atoms with E-state index in [-0.39, 0.29) is 34.8 Å². The van der Waals surface area contributed by atoms with Crippen LogP contribution in [0.1, 0.15) is 12.8 Å². The zero-order valence-corrected chi connectivity index (χ0v) is 18.9. The SMILES string of the molecule is COc1ccc(S(=O)(=O)N2CCC(C(=O)Nc3cccc(Cl)c3Cl)CC2)cc1OC. The van der Waals surface area contributed by atoms with Crippen molar-refractivity contribution in [2.75, 3.05) is 32.6 Å². The lowest BCUT2D eigenvalue weighted by molar-refractivity contribution is -0.120. The van der Waals surface area contributed by atoms with Gasteiger partial charge in [0.25, 0.3) is 0 Å². The summed E-state index contributed by atoms with van der Waals surface area (Å²) < 4.78 is 37.7. The summed E-state index contributed by atoms with van der Waals surface area (Å²) in [5.41, 5.74) is 0.439. The number of amides is 1. The first kappa shape index (κ1) is 22.7. The normalized spacial score (nSPS) is 15.6. The molecule has 2 aromatic carbocycles. The van der Waals surface area contributed by atoms with Gasteiger partial charge in [-0.25, -0.2) is 8.42 Å². The van der Waals surface area contributed by atoms with Crippen molar-refractivity contribution in [3.8, 4) is 11.5 Å². The van der Waals surface area contributed by atoms with Gasteiger partial charge in [0, 0.05) is 25.1 Å². The van der Waals surface area contributed by atoms with Crippen molar-refractivity contribution < 1.29 is 22.7 Å². The summed E-state index contributed by atoms with van der Waals surface area (Å²) in [6.45, 7) is 0.468. The van der Waals surface area contributed by atoms with Crippen LogP contribution < -0.4 is 14.8 Å². The van der Waals surface area contributed by atoms with Crippen LogP contribution in [0.25, 0.3) is 0 Å². The Bertz CT molecular complexity index is 1040. The zero-order valence-electron chi connectivity index (χ0n) is 16.5. The largest absolute Gasteiger partial charge is 0.493 e. The zero-order chi connectivity index (χ0) is 21.9. The third-order valence-corrected chi connectivity index (χ3v) is 7.74. The maximum atomic E-state index is 13.0. The topological polar surface area (TPSA) is 84.9 Å². The monoisotopic (exact) mass is 472 g/mol. The van der Waals surface area contributed by atoms with Crippen LogP contribution in [0.2, 0.25) is 10.0 Å². The lowest BCUT2D eigenvalue weighted by Crippen LogP contribution is -2.41. The smallest absolute Gasteiger partial charge is 0.243 e. The molecular formula is C20H22Cl2N2O5S. The van der Waals surface area contributed by atoms with Crippen molar-refractivity contribution in [1.82, 2.24) is 4.31 Å². The summed E-state index contributed by atoms with van der Waals surface area (Å²) in [5, 5.41) is 3.41. The number of methoxy groups -OCH3 is 2. The van der Waals surface area contributed by atoms with Gasteiger partial charge in [0.05, 0.1) is 34.8 Å². The molecule has 1 N–H and O–H groups in total. The first-order chi connectivity index (χ1) is 14.3. The molecule has 1 saturated heterocycles. The van der Waals surface area contributed by atoms with Gasteiger partial charge in [-0.15, -0.1) is 0 Å². The van der Waals surface area contributed by atoms with Gasteiger partial charge in [-0.3, -0.25) is 4.79 Å². The Kier molecular flexibility index (Phi) is 7.13. The highest BCUT2D eigenvalue weighted by atomic mass is 35.5. The van der Waals surface area contributed by atoms with Gasteiger partial charge in [-0.05, 0) is 37.1 Å². The number of ether oxygens (including phenoxy) is 2. The van der Waals surface area contributed by atoms with Crippen LogP contribution in [0.3, 0.4) is 0 Å². The number of nitrogens with zero attached hydrogens (tertiary/aromatic N) is 1. The predicted molar refractivity (Wildman–Crippen MR) is 116 cm³/mol. The third-order valence-electron chi connectivity index (χ3n) is 5.03. The van der Waals surface area contributed by atoms with E-state index in [0.717, 1.165) is 0 Å². The van der Waals surface area contributed by atoms with Crippen LogP contribution in [0.15, 0.2) is 41.3 Å². The minimum absolute atomic E-state index is 0.119. The second kappa shape index (κ2) is 9.43. The van der Waals surface area contributed by atoms with Crippen LogP contribution in [0, 0.1) is 5.92 Å². The molecule has 0 saturated carbocycles. The summed E-state index contributed by atoms with van der Waals surface area (Å²) in [5.74, 6) is 0.261. The van der Waals surface area contributed by atoms with Gasteiger partial charge in [-0.2, -0.15) is 4.31 Å². The first-order valence-electron chi connectivity index (χ1n) is 9.25. The van der Waals surface area contributed by atoms with E-state index in [1.165, 1.54) is 30.7 Å². The quantitative estimate of drug-likeness (QED) is 0.685. The second-order valence-corrected chi connectivity index (χ2v) is 9.51. The number of rotatable bonds is 6. The highest BCUT2D eigenvalue weighted by Crippen LogP contribution is 2.33. The molecule has 1 heterocycles. The van der Waals surface area contributed by atoms with Gasteiger partial charge in [-0.1, -0.05) is 29.3 Å². The van der Waals surface area contributed by atoms with Gasteiger partial charge < -0.3 is 14.8 Å². The molecule has 3 rings (SSSR count). The fourth-order valence-corrected chi connectivity index (χ4v) is 5.15. The molecule has 2 aromatic rings. The number of halogens is 2. The maximum absolute atomic E-state index is 13.0. The molecule has 0 spiro atoms. The number of nitrogens with one attached hydrogen (secondary N) is 1. The average molecular weight is 473 g/mol. The van der Waals surface area contributed by atoms with Crippen LogP contribution in [0.4, 0.5) is 5.69 Å². The number of benzene rings is 2. The van der Waals surface area contributed by atoms with E-state index in [0.29, 0.717) is 35.1 Å². The number of hydrogen-bond donors (Lipinski definition) is 1. The maximum Gasteiger partial charge on any atom is 0.243 e. The van der Waals surface area contributed by atoms with Crippen molar-refractivity contribution >= 4 is 44.8 Å². The predicted octanol–water partition coefficient (Wildman–Crippen LogP) is 4.05. The number of sulfonamides is 1. The molecule has 30 heavy (non-hydrogen) atoms. The van der Waals surface area contributed by atoms with Crippen LogP contribution in [-0.4, -0.2) is 45.9 Å². The van der Waals surface area contributed by atoms with Crippen LogP contribution >= 0.6 is 23.2 Å². The molecule has 1 aliphatic rings. The van der Waals surface area contributed by atoms with Crippen molar-refractivity contribution in [2.45, 2.75) is 17.7 Å². The van der Waals surface area contributed by atoms with Crippen LogP contribution in [-0.2, 0) is 14.8 Å². The Hall–Kier alpha value is -2.00. The number of anilines is 1. The fraction of sp³-hybridized carbons (Fsp3) is 0.350. The summed E-state index contributed by atoms with van der Waals surface area (Å²) in [6, 6.07) is 9.48. The Morgan fingerprint density at radius 2 is 1.73 bits per heavy atom. The molecular weight excluding hydrogens is 451 g/mol. The number of hydrogen-bond acceptors (Lipinski definition) is 5. The molecule has 0 bridgehead atoms. The Balaban J connectivity index is 1.67. The molecule has 0 aromatic heterocycles. The molecule has 1 fully saturated rings. The molecule has 0 unspecified atom stereocenters. The Labute approximate surface area is 185 Å². The number of piperidine rings is 1. The van der Waals surface area contributed by atoms with Crippen molar-refractivity contribution in [3.05, 3.63) is 46.4 Å². The van der Waals surface area contributed by atoms with Crippen molar-refractivity contribution in [2.24, 2.45) is 5.92 Å². The average Bonchev–Trinajstić information content (AvgIpc) is 2.76. The highest BCUT2D eigenvalue weighted by molar-refractivity contribution is 7.89. The van der Waals surface area contributed by atoms with Gasteiger partial charge in [0.1, 0.15) is 0 Å². The molecule has 162 valence electrons. The lowest BCUT2D eigenvalue weighted by Gasteiger charge is -2.30. The van der Waals surface area contributed by atoms with Gasteiger partial charge in [0.2, 0.25) is 15.9 Å². The summed E-state index contributed by atoms with van der Waals surface area (Å²) in [7, 11) is -0.779. The molecule has 1 amide bonds. The molecule has 0 radical (unpaired) electrons. The Morgan fingerprint density at radius 3 is 2.37 bits per heavy atom.